The summed E-state index contributed by atoms with van der Waals surface area (Å²) in [6.45, 7) is 5.39. The predicted molar refractivity (Wildman–Crippen MR) is 122 cm³/mol. The van der Waals surface area contributed by atoms with Gasteiger partial charge in [0.05, 0.1) is 25.2 Å². The number of carbonyl (C=O) groups excluding carboxylic acids is 2. The van der Waals surface area contributed by atoms with E-state index in [1.165, 1.54) is 12.1 Å². The summed E-state index contributed by atoms with van der Waals surface area (Å²) in [4.78, 5) is 29.9. The largest absolute Gasteiger partial charge is 0.378 e. The van der Waals surface area contributed by atoms with Crippen LogP contribution in [0.4, 0.5) is 15.8 Å². The molecule has 0 aromatic heterocycles. The molecule has 2 aromatic carbocycles. The average molecular weight is 440 g/mol. The van der Waals surface area contributed by atoms with Crippen molar-refractivity contribution in [1.29, 1.82) is 0 Å². The highest BCUT2D eigenvalue weighted by molar-refractivity contribution is 5.97. The molecule has 4 rings (SSSR count). The van der Waals surface area contributed by atoms with Crippen molar-refractivity contribution < 1.29 is 18.7 Å². The van der Waals surface area contributed by atoms with Gasteiger partial charge in [0.15, 0.2) is 0 Å². The molecule has 0 spiro atoms. The molecule has 32 heavy (non-hydrogen) atoms. The van der Waals surface area contributed by atoms with E-state index < -0.39 is 5.41 Å². The third-order valence-corrected chi connectivity index (χ3v) is 6.52. The predicted octanol–water partition coefficient (Wildman–Crippen LogP) is 3.57. The Morgan fingerprint density at radius 2 is 1.84 bits per heavy atom. The lowest BCUT2D eigenvalue weighted by molar-refractivity contribution is -0.143. The van der Waals surface area contributed by atoms with E-state index in [-0.39, 0.29) is 24.2 Å². The monoisotopic (exact) mass is 439 g/mol. The topological polar surface area (TPSA) is 61.9 Å². The van der Waals surface area contributed by atoms with Crippen molar-refractivity contribution in [1.82, 2.24) is 4.90 Å². The zero-order valence-corrected chi connectivity index (χ0v) is 18.5. The van der Waals surface area contributed by atoms with Gasteiger partial charge < -0.3 is 19.9 Å². The summed E-state index contributed by atoms with van der Waals surface area (Å²) < 4.78 is 19.2. The van der Waals surface area contributed by atoms with Crippen LogP contribution in [0.1, 0.15) is 31.7 Å². The van der Waals surface area contributed by atoms with Crippen molar-refractivity contribution in [2.45, 2.75) is 31.6 Å². The number of rotatable bonds is 7. The molecule has 1 heterocycles. The highest BCUT2D eigenvalue weighted by atomic mass is 19.1. The molecule has 2 aliphatic rings. The SMILES string of the molecule is CCN(CC(=O)Nc1ccc(N2CCOCC2)cc1)C(=O)C1(c2cccc(F)c2)CCC1. The third kappa shape index (κ3) is 4.63. The first kappa shape index (κ1) is 22.3. The smallest absolute Gasteiger partial charge is 0.243 e. The maximum Gasteiger partial charge on any atom is 0.243 e. The van der Waals surface area contributed by atoms with Gasteiger partial charge in [-0.15, -0.1) is 0 Å². The Labute approximate surface area is 188 Å². The lowest BCUT2D eigenvalue weighted by Crippen LogP contribution is -2.52. The number of hydrogen-bond donors (Lipinski definition) is 1. The van der Waals surface area contributed by atoms with Crippen LogP contribution in [-0.2, 0) is 19.7 Å². The second-order valence-corrected chi connectivity index (χ2v) is 8.46. The summed E-state index contributed by atoms with van der Waals surface area (Å²) >= 11 is 0. The number of likely N-dealkylation sites (N-methyl/N-ethyl adjacent to an activating group) is 1. The molecule has 0 bridgehead atoms. The van der Waals surface area contributed by atoms with Crippen molar-refractivity contribution in [3.63, 3.8) is 0 Å². The number of anilines is 2. The van der Waals surface area contributed by atoms with Crippen LogP contribution >= 0.6 is 0 Å². The van der Waals surface area contributed by atoms with Crippen molar-refractivity contribution in [2.75, 3.05) is 49.6 Å². The van der Waals surface area contributed by atoms with Gasteiger partial charge in [0.1, 0.15) is 5.82 Å². The molecule has 1 saturated carbocycles. The Balaban J connectivity index is 1.39. The third-order valence-electron chi connectivity index (χ3n) is 6.52. The molecule has 6 nitrogen and oxygen atoms in total. The Morgan fingerprint density at radius 3 is 2.44 bits per heavy atom. The van der Waals surface area contributed by atoms with E-state index in [1.807, 2.05) is 37.3 Å². The minimum absolute atomic E-state index is 0.0301. The molecule has 1 saturated heterocycles. The quantitative estimate of drug-likeness (QED) is 0.717. The minimum atomic E-state index is -0.724. The summed E-state index contributed by atoms with van der Waals surface area (Å²) in [7, 11) is 0. The zero-order chi connectivity index (χ0) is 22.6. The number of morpholine rings is 1. The number of benzene rings is 2. The second kappa shape index (κ2) is 9.69. The summed E-state index contributed by atoms with van der Waals surface area (Å²) in [5, 5.41) is 2.89. The van der Waals surface area contributed by atoms with E-state index in [1.54, 1.807) is 11.0 Å². The molecule has 0 atom stereocenters. The van der Waals surface area contributed by atoms with Gasteiger partial charge in [0.25, 0.3) is 0 Å². The van der Waals surface area contributed by atoms with Crippen molar-refractivity contribution in [3.05, 3.63) is 59.9 Å². The molecule has 0 radical (unpaired) electrons. The van der Waals surface area contributed by atoms with Gasteiger partial charge in [-0.25, -0.2) is 4.39 Å². The van der Waals surface area contributed by atoms with Crippen LogP contribution in [0.3, 0.4) is 0 Å². The number of ether oxygens (including phenoxy) is 1. The lowest BCUT2D eigenvalue weighted by atomic mass is 9.63. The Morgan fingerprint density at radius 1 is 1.12 bits per heavy atom. The summed E-state index contributed by atoms with van der Waals surface area (Å²) in [5.41, 5.74) is 1.77. The number of amides is 2. The number of nitrogens with one attached hydrogen (secondary N) is 1. The highest BCUT2D eigenvalue weighted by Gasteiger charge is 2.47. The molecular weight excluding hydrogens is 409 g/mol. The van der Waals surface area contributed by atoms with Crippen LogP contribution in [0.2, 0.25) is 0 Å². The molecule has 0 unspecified atom stereocenters. The Hall–Kier alpha value is -2.93. The van der Waals surface area contributed by atoms with Crippen molar-refractivity contribution in [3.8, 4) is 0 Å². The lowest BCUT2D eigenvalue weighted by Gasteiger charge is -2.43. The molecule has 1 N–H and O–H groups in total. The van der Waals surface area contributed by atoms with Gasteiger partial charge in [-0.05, 0) is 61.7 Å². The number of carbonyl (C=O) groups is 2. The van der Waals surface area contributed by atoms with Gasteiger partial charge >= 0.3 is 0 Å². The highest BCUT2D eigenvalue weighted by Crippen LogP contribution is 2.45. The van der Waals surface area contributed by atoms with Crippen molar-refractivity contribution >= 4 is 23.2 Å². The van der Waals surface area contributed by atoms with Crippen LogP contribution in [0.15, 0.2) is 48.5 Å². The standard InChI is InChI=1S/C25H30FN3O3/c1-2-28(24(31)25(11-4-12-25)19-5-3-6-20(26)17-19)18-23(30)27-21-7-9-22(10-8-21)29-13-15-32-16-14-29/h3,5-10,17H,2,4,11-16,18H2,1H3,(H,27,30). The van der Waals surface area contributed by atoms with E-state index in [0.29, 0.717) is 30.6 Å². The first-order valence-corrected chi connectivity index (χ1v) is 11.3. The fourth-order valence-corrected chi connectivity index (χ4v) is 4.52. The summed E-state index contributed by atoms with van der Waals surface area (Å²) in [6, 6.07) is 14.0. The van der Waals surface area contributed by atoms with E-state index in [0.717, 1.165) is 38.4 Å². The first-order valence-electron chi connectivity index (χ1n) is 11.3. The van der Waals surface area contributed by atoms with Gasteiger partial charge in [-0.2, -0.15) is 0 Å². The number of halogens is 1. The van der Waals surface area contributed by atoms with Crippen molar-refractivity contribution in [2.24, 2.45) is 0 Å². The second-order valence-electron chi connectivity index (χ2n) is 8.46. The molecule has 7 heteroatoms. The Kier molecular flexibility index (Phi) is 6.74. The van der Waals surface area contributed by atoms with Crippen LogP contribution in [-0.4, -0.2) is 56.1 Å². The van der Waals surface area contributed by atoms with Crippen LogP contribution in [0.5, 0.6) is 0 Å². The van der Waals surface area contributed by atoms with Crippen LogP contribution in [0, 0.1) is 5.82 Å². The van der Waals surface area contributed by atoms with Gasteiger partial charge in [-0.1, -0.05) is 18.6 Å². The Bertz CT molecular complexity index is 953. The summed E-state index contributed by atoms with van der Waals surface area (Å²) in [5.74, 6) is -0.689. The van der Waals surface area contributed by atoms with Crippen LogP contribution in [0.25, 0.3) is 0 Å². The molecule has 1 aliphatic carbocycles. The van der Waals surface area contributed by atoms with E-state index in [4.69, 9.17) is 4.74 Å². The number of nitrogens with zero attached hydrogens (tertiary/aromatic N) is 2. The van der Waals surface area contributed by atoms with Gasteiger partial charge in [0, 0.05) is 31.0 Å². The zero-order valence-electron chi connectivity index (χ0n) is 18.5. The number of hydrogen-bond acceptors (Lipinski definition) is 4. The fraction of sp³-hybridized carbons (Fsp3) is 0.440. The van der Waals surface area contributed by atoms with E-state index in [9.17, 15) is 14.0 Å². The molecule has 2 aromatic rings. The first-order chi connectivity index (χ1) is 15.5. The maximum absolute atomic E-state index is 13.8. The maximum atomic E-state index is 13.8. The molecule has 2 amide bonds. The van der Waals surface area contributed by atoms with E-state index >= 15 is 0 Å². The average Bonchev–Trinajstić information content (AvgIpc) is 2.78. The fourth-order valence-electron chi connectivity index (χ4n) is 4.52. The molecular formula is C25H30FN3O3. The molecule has 2 fully saturated rings. The van der Waals surface area contributed by atoms with E-state index in [2.05, 4.69) is 10.2 Å². The minimum Gasteiger partial charge on any atom is -0.378 e. The summed E-state index contributed by atoms with van der Waals surface area (Å²) in [6.07, 6.45) is 2.27. The molecule has 1 aliphatic heterocycles. The van der Waals surface area contributed by atoms with Gasteiger partial charge in [0.2, 0.25) is 11.8 Å². The normalized spacial score (nSPS) is 17.4. The molecule has 170 valence electrons. The van der Waals surface area contributed by atoms with Crippen LogP contribution < -0.4 is 10.2 Å². The van der Waals surface area contributed by atoms with Gasteiger partial charge in [-0.3, -0.25) is 9.59 Å².